The number of hydrogen-bond donors (Lipinski definition) is 0. The van der Waals surface area contributed by atoms with Crippen LogP contribution in [0, 0.1) is 0 Å². The van der Waals surface area contributed by atoms with Crippen LogP contribution in [-0.2, 0) is 17.6 Å². The maximum atomic E-state index is 12.5. The van der Waals surface area contributed by atoms with Crippen molar-refractivity contribution in [3.05, 3.63) is 93.2 Å². The Hall–Kier alpha value is -2.72. The summed E-state index contributed by atoms with van der Waals surface area (Å²) in [5.74, 6) is -0.624. The third kappa shape index (κ3) is 4.46. The van der Waals surface area contributed by atoms with Crippen LogP contribution in [0.15, 0.2) is 66.7 Å². The van der Waals surface area contributed by atoms with Gasteiger partial charge in [-0.25, -0.2) is 4.79 Å². The summed E-state index contributed by atoms with van der Waals surface area (Å²) in [6.45, 7) is 1.81. The lowest BCUT2D eigenvalue weighted by Crippen LogP contribution is -2.15. The van der Waals surface area contributed by atoms with Crippen molar-refractivity contribution in [2.45, 2.75) is 19.8 Å². The van der Waals surface area contributed by atoms with Crippen LogP contribution in [0.2, 0.25) is 0 Å². The minimum atomic E-state index is -0.461. The van der Waals surface area contributed by atoms with E-state index in [9.17, 15) is 9.59 Å². The number of ether oxygens (including phenoxy) is 1. The molecule has 0 bridgehead atoms. The van der Waals surface area contributed by atoms with Gasteiger partial charge in [0.15, 0.2) is 6.61 Å². The van der Waals surface area contributed by atoms with Gasteiger partial charge in [-0.05, 0) is 42.2 Å². The fourth-order valence-corrected chi connectivity index (χ4v) is 3.56. The van der Waals surface area contributed by atoms with E-state index in [-0.39, 0.29) is 12.4 Å². The summed E-state index contributed by atoms with van der Waals surface area (Å²) in [5, 5.41) is 0. The van der Waals surface area contributed by atoms with E-state index in [0.717, 1.165) is 22.4 Å². The Labute approximate surface area is 157 Å². The van der Waals surface area contributed by atoms with Gasteiger partial charge in [0.2, 0.25) is 5.78 Å². The molecule has 132 valence electrons. The highest BCUT2D eigenvalue weighted by Gasteiger charge is 2.16. The molecular formula is C22H20O3S. The number of aryl methyl sites for hydroxylation is 1. The fraction of sp³-hybridized carbons (Fsp3) is 0.182. The van der Waals surface area contributed by atoms with Crippen molar-refractivity contribution in [3.63, 3.8) is 0 Å². The van der Waals surface area contributed by atoms with Crippen molar-refractivity contribution in [3.8, 4) is 0 Å². The van der Waals surface area contributed by atoms with Gasteiger partial charge in [0.1, 0.15) is 0 Å². The van der Waals surface area contributed by atoms with Crippen LogP contribution in [0.5, 0.6) is 0 Å². The molecule has 0 unspecified atom stereocenters. The van der Waals surface area contributed by atoms with Gasteiger partial charge in [-0.3, -0.25) is 4.79 Å². The number of ketones is 1. The molecule has 0 atom stereocenters. The van der Waals surface area contributed by atoms with E-state index in [0.29, 0.717) is 16.9 Å². The molecule has 3 rings (SSSR count). The minimum absolute atomic E-state index is 0.163. The van der Waals surface area contributed by atoms with E-state index < -0.39 is 5.97 Å². The quantitative estimate of drug-likeness (QED) is 0.440. The molecule has 3 nitrogen and oxygen atoms in total. The zero-order valence-corrected chi connectivity index (χ0v) is 15.4. The van der Waals surface area contributed by atoms with Crippen molar-refractivity contribution < 1.29 is 14.3 Å². The molecule has 0 saturated carbocycles. The van der Waals surface area contributed by atoms with Crippen LogP contribution in [0.1, 0.15) is 43.0 Å². The SMILES string of the molecule is CCc1ccc(C(=O)COC(=O)c2ccccc2Cc2ccccc2)s1. The van der Waals surface area contributed by atoms with Gasteiger partial charge in [-0.1, -0.05) is 55.5 Å². The Kier molecular flexibility index (Phi) is 5.97. The predicted molar refractivity (Wildman–Crippen MR) is 104 cm³/mol. The molecule has 0 radical (unpaired) electrons. The van der Waals surface area contributed by atoms with Crippen molar-refractivity contribution in [1.29, 1.82) is 0 Å². The van der Waals surface area contributed by atoms with Gasteiger partial charge in [-0.2, -0.15) is 0 Å². The van der Waals surface area contributed by atoms with Gasteiger partial charge < -0.3 is 4.74 Å². The van der Waals surface area contributed by atoms with E-state index in [1.807, 2.05) is 55.5 Å². The molecular weight excluding hydrogens is 344 g/mol. The largest absolute Gasteiger partial charge is 0.454 e. The zero-order chi connectivity index (χ0) is 18.4. The van der Waals surface area contributed by atoms with Crippen LogP contribution in [0.3, 0.4) is 0 Å². The highest BCUT2D eigenvalue weighted by molar-refractivity contribution is 7.14. The van der Waals surface area contributed by atoms with E-state index in [1.165, 1.54) is 11.3 Å². The summed E-state index contributed by atoms with van der Waals surface area (Å²) >= 11 is 1.45. The summed E-state index contributed by atoms with van der Waals surface area (Å²) in [6, 6.07) is 21.0. The number of thiophene rings is 1. The average molecular weight is 364 g/mol. The first-order valence-corrected chi connectivity index (χ1v) is 9.40. The summed E-state index contributed by atoms with van der Waals surface area (Å²) in [4.78, 5) is 26.5. The first-order chi connectivity index (χ1) is 12.7. The van der Waals surface area contributed by atoms with Gasteiger partial charge in [0.25, 0.3) is 0 Å². The van der Waals surface area contributed by atoms with E-state index in [2.05, 4.69) is 0 Å². The number of rotatable bonds is 7. The Bertz CT molecular complexity index is 897. The number of carbonyl (C=O) groups excluding carboxylic acids is 2. The Morgan fingerprint density at radius 1 is 0.923 bits per heavy atom. The highest BCUT2D eigenvalue weighted by atomic mass is 32.1. The average Bonchev–Trinajstić information content (AvgIpc) is 3.16. The Balaban J connectivity index is 1.67. The van der Waals surface area contributed by atoms with Gasteiger partial charge in [0, 0.05) is 4.88 Å². The molecule has 1 heterocycles. The van der Waals surface area contributed by atoms with Crippen LogP contribution < -0.4 is 0 Å². The van der Waals surface area contributed by atoms with Gasteiger partial charge >= 0.3 is 5.97 Å². The van der Waals surface area contributed by atoms with Gasteiger partial charge in [0.05, 0.1) is 10.4 Å². The monoisotopic (exact) mass is 364 g/mol. The predicted octanol–water partition coefficient (Wildman–Crippen LogP) is 4.94. The van der Waals surface area contributed by atoms with Gasteiger partial charge in [-0.15, -0.1) is 11.3 Å². The summed E-state index contributed by atoms with van der Waals surface area (Å²) < 4.78 is 5.28. The van der Waals surface area contributed by atoms with E-state index in [1.54, 1.807) is 18.2 Å². The Morgan fingerprint density at radius 2 is 1.65 bits per heavy atom. The zero-order valence-electron chi connectivity index (χ0n) is 14.6. The second kappa shape index (κ2) is 8.59. The molecule has 3 aromatic rings. The Morgan fingerprint density at radius 3 is 2.38 bits per heavy atom. The molecule has 26 heavy (non-hydrogen) atoms. The maximum Gasteiger partial charge on any atom is 0.338 e. The first kappa shape index (κ1) is 18.1. The molecule has 0 aliphatic carbocycles. The standard InChI is InChI=1S/C22H20O3S/c1-2-18-12-13-21(26-18)20(23)15-25-22(24)19-11-7-6-10-17(19)14-16-8-4-3-5-9-16/h3-13H,2,14-15H2,1H3. The van der Waals surface area contributed by atoms with Crippen molar-refractivity contribution >= 4 is 23.1 Å². The molecule has 1 aromatic heterocycles. The molecule has 0 spiro atoms. The highest BCUT2D eigenvalue weighted by Crippen LogP contribution is 2.19. The summed E-state index contributed by atoms with van der Waals surface area (Å²) in [7, 11) is 0. The molecule has 0 amide bonds. The molecule has 4 heteroatoms. The maximum absolute atomic E-state index is 12.5. The third-order valence-corrected chi connectivity index (χ3v) is 5.36. The van der Waals surface area contributed by atoms with E-state index in [4.69, 9.17) is 4.74 Å². The lowest BCUT2D eigenvalue weighted by molar-refractivity contribution is 0.0475. The topological polar surface area (TPSA) is 43.4 Å². The lowest BCUT2D eigenvalue weighted by Gasteiger charge is -2.09. The second-order valence-corrected chi connectivity index (χ2v) is 7.11. The molecule has 0 N–H and O–H groups in total. The molecule has 0 fully saturated rings. The van der Waals surface area contributed by atoms with Crippen molar-refractivity contribution in [2.24, 2.45) is 0 Å². The first-order valence-electron chi connectivity index (χ1n) is 8.58. The van der Waals surface area contributed by atoms with Crippen molar-refractivity contribution in [2.75, 3.05) is 6.61 Å². The molecule has 0 saturated heterocycles. The molecule has 2 aromatic carbocycles. The third-order valence-electron chi connectivity index (χ3n) is 4.09. The molecule has 0 aliphatic heterocycles. The van der Waals surface area contributed by atoms with Crippen LogP contribution in [0.25, 0.3) is 0 Å². The van der Waals surface area contributed by atoms with E-state index >= 15 is 0 Å². The lowest BCUT2D eigenvalue weighted by atomic mass is 10.00. The van der Waals surface area contributed by atoms with Crippen LogP contribution >= 0.6 is 11.3 Å². The summed E-state index contributed by atoms with van der Waals surface area (Å²) in [6.07, 6.45) is 1.54. The van der Waals surface area contributed by atoms with Crippen LogP contribution in [-0.4, -0.2) is 18.4 Å². The number of esters is 1. The summed E-state index contributed by atoms with van der Waals surface area (Å²) in [5.41, 5.74) is 2.51. The normalized spacial score (nSPS) is 10.5. The minimum Gasteiger partial charge on any atom is -0.454 e. The number of hydrogen-bond acceptors (Lipinski definition) is 4. The number of Topliss-reactive ketones (excluding diaryl/α,β-unsaturated/α-hetero) is 1. The second-order valence-electron chi connectivity index (χ2n) is 5.94. The van der Waals surface area contributed by atoms with Crippen LogP contribution in [0.4, 0.5) is 0 Å². The smallest absolute Gasteiger partial charge is 0.338 e. The number of carbonyl (C=O) groups is 2. The fourth-order valence-electron chi connectivity index (χ4n) is 2.69. The van der Waals surface area contributed by atoms with Crippen molar-refractivity contribution in [1.82, 2.24) is 0 Å². The molecule has 0 aliphatic rings. The number of benzene rings is 2.